The van der Waals surface area contributed by atoms with Crippen molar-refractivity contribution in [1.29, 1.82) is 0 Å². The number of benzene rings is 2. The van der Waals surface area contributed by atoms with Crippen molar-refractivity contribution < 1.29 is 80.2 Å². The van der Waals surface area contributed by atoms with Gasteiger partial charge in [0.15, 0.2) is 21.3 Å². The van der Waals surface area contributed by atoms with E-state index >= 15 is 8.78 Å². The summed E-state index contributed by atoms with van der Waals surface area (Å²) in [5, 5.41) is 17.9. The number of sulfone groups is 1. The van der Waals surface area contributed by atoms with E-state index in [1.807, 2.05) is 0 Å². The van der Waals surface area contributed by atoms with Gasteiger partial charge in [0.2, 0.25) is 15.9 Å². The van der Waals surface area contributed by atoms with Crippen molar-refractivity contribution in [2.45, 2.75) is 94.0 Å². The number of alkyl halides is 8. The van der Waals surface area contributed by atoms with Gasteiger partial charge in [-0.05, 0) is 75.3 Å². The lowest BCUT2D eigenvalue weighted by molar-refractivity contribution is -0.143. The molecule has 1 fully saturated rings. The maximum absolute atomic E-state index is 15.6. The molecule has 15 nitrogen and oxygen atoms in total. The molecule has 0 spiro atoms. The minimum absolute atomic E-state index is 0.0484. The summed E-state index contributed by atoms with van der Waals surface area (Å²) in [6.45, 7) is -1.50. The van der Waals surface area contributed by atoms with E-state index in [4.69, 9.17) is 16.3 Å². The van der Waals surface area contributed by atoms with Crippen LogP contribution >= 0.6 is 11.6 Å². The summed E-state index contributed by atoms with van der Waals surface area (Å²) in [5.41, 5.74) is -5.28. The molecular formula is C43H42ClF10N7O8S2. The first-order chi connectivity index (χ1) is 32.7. The lowest BCUT2D eigenvalue weighted by atomic mass is 9.93. The van der Waals surface area contributed by atoms with Crippen LogP contribution < -0.4 is 9.62 Å². The molecule has 0 bridgehead atoms. The van der Waals surface area contributed by atoms with Gasteiger partial charge < -0.3 is 15.2 Å². The third kappa shape index (κ3) is 11.0. The predicted octanol–water partition coefficient (Wildman–Crippen LogP) is 8.16. The van der Waals surface area contributed by atoms with Gasteiger partial charge >= 0.3 is 18.4 Å². The number of sulfonamides is 1. The SMILES string of the molecule is CC(C)(CCc1ccc(-c2ccc(Cl)c3c(N(C(=O)OCCCO)S(C)(=O)=O)nn(CC(F)(F)F)c23)c([C@H](Cc2cc(F)cc(F)c2)NC(=O)Cn2nc(C(F)(F)F)c3c2C(F)(F)C2C[C@H]32)n1)S(C)(=O)=O. The van der Waals surface area contributed by atoms with Crippen molar-refractivity contribution in [1.82, 2.24) is 29.9 Å². The highest BCUT2D eigenvalue weighted by Gasteiger charge is 2.68. The number of hydrogen-bond acceptors (Lipinski definition) is 11. The Hall–Kier alpha value is -5.54. The van der Waals surface area contributed by atoms with Crippen LogP contribution in [-0.2, 0) is 67.4 Å². The Labute approximate surface area is 403 Å². The molecule has 0 aliphatic heterocycles. The molecule has 3 atom stereocenters. The van der Waals surface area contributed by atoms with Gasteiger partial charge in [0, 0.05) is 53.7 Å². The normalized spacial score (nSPS) is 17.2. The first-order valence-corrected chi connectivity index (χ1v) is 25.4. The molecule has 2 aliphatic rings. The Balaban J connectivity index is 1.46. The molecular weight excluding hydrogens is 1030 g/mol. The average molecular weight is 1070 g/mol. The summed E-state index contributed by atoms with van der Waals surface area (Å²) < 4.78 is 203. The van der Waals surface area contributed by atoms with Crippen LogP contribution in [-0.4, -0.2) is 95.1 Å². The zero-order valence-corrected chi connectivity index (χ0v) is 40.0. The summed E-state index contributed by atoms with van der Waals surface area (Å²) >= 11 is 6.60. The second kappa shape index (κ2) is 18.8. The molecule has 3 aromatic heterocycles. The minimum Gasteiger partial charge on any atom is -0.448 e. The number of fused-ring (bicyclic) bond motifs is 4. The van der Waals surface area contributed by atoms with E-state index in [1.165, 1.54) is 26.0 Å². The highest BCUT2D eigenvalue weighted by Crippen LogP contribution is 2.68. The fraction of sp³-hybridized carbons (Fsp3) is 0.465. The number of aliphatic hydroxyl groups is 1. The number of ether oxygens (including phenoxy) is 1. The number of pyridine rings is 1. The molecule has 386 valence electrons. The number of amides is 2. The van der Waals surface area contributed by atoms with Crippen LogP contribution in [0, 0.1) is 17.6 Å². The van der Waals surface area contributed by atoms with E-state index in [1.54, 1.807) is 0 Å². The molecule has 1 saturated carbocycles. The Morgan fingerprint density at radius 2 is 1.62 bits per heavy atom. The van der Waals surface area contributed by atoms with Crippen molar-refractivity contribution in [2.24, 2.45) is 5.92 Å². The number of rotatable bonds is 17. The van der Waals surface area contributed by atoms with Crippen LogP contribution in [0.2, 0.25) is 5.02 Å². The second-order valence-electron chi connectivity index (χ2n) is 17.8. The van der Waals surface area contributed by atoms with Crippen LogP contribution in [0.25, 0.3) is 22.0 Å². The smallest absolute Gasteiger partial charge is 0.435 e. The first kappa shape index (κ1) is 53.3. The highest BCUT2D eigenvalue weighted by molar-refractivity contribution is 7.92. The lowest BCUT2D eigenvalue weighted by Gasteiger charge is -2.25. The number of nitrogens with zero attached hydrogens (tertiary/aromatic N) is 6. The first-order valence-electron chi connectivity index (χ1n) is 21.3. The highest BCUT2D eigenvalue weighted by atomic mass is 35.5. The molecule has 0 saturated heterocycles. The van der Waals surface area contributed by atoms with Gasteiger partial charge in [0.25, 0.3) is 5.92 Å². The van der Waals surface area contributed by atoms with Crippen LogP contribution in [0.4, 0.5) is 54.5 Å². The monoisotopic (exact) mass is 1070 g/mol. The third-order valence-corrected chi connectivity index (χ3v) is 15.7. The molecule has 28 heteroatoms. The molecule has 2 aromatic carbocycles. The summed E-state index contributed by atoms with van der Waals surface area (Å²) in [6, 6.07) is 5.16. The van der Waals surface area contributed by atoms with Gasteiger partial charge in [-0.1, -0.05) is 23.7 Å². The van der Waals surface area contributed by atoms with Gasteiger partial charge in [-0.15, -0.1) is 0 Å². The Bertz CT molecular complexity index is 3140. The molecule has 7 rings (SSSR count). The fourth-order valence-electron chi connectivity index (χ4n) is 8.48. The summed E-state index contributed by atoms with van der Waals surface area (Å²) in [7, 11) is -8.56. The van der Waals surface area contributed by atoms with Crippen LogP contribution in [0.15, 0.2) is 42.5 Å². The summed E-state index contributed by atoms with van der Waals surface area (Å²) in [5.74, 6) is -11.1. The van der Waals surface area contributed by atoms with Crippen LogP contribution in [0.3, 0.4) is 0 Å². The van der Waals surface area contributed by atoms with Gasteiger partial charge in [0.1, 0.15) is 30.4 Å². The van der Waals surface area contributed by atoms with Crippen molar-refractivity contribution in [3.63, 3.8) is 0 Å². The number of aryl methyl sites for hydroxylation is 1. The van der Waals surface area contributed by atoms with Crippen molar-refractivity contribution in [3.05, 3.63) is 93.0 Å². The molecule has 5 aromatic rings. The van der Waals surface area contributed by atoms with Gasteiger partial charge in [0.05, 0.1) is 45.3 Å². The number of aliphatic hydroxyl groups excluding tert-OH is 1. The Morgan fingerprint density at radius 3 is 2.21 bits per heavy atom. The zero-order valence-electron chi connectivity index (χ0n) is 37.6. The van der Waals surface area contributed by atoms with Gasteiger partial charge in [-0.2, -0.15) is 49.6 Å². The van der Waals surface area contributed by atoms with E-state index in [2.05, 4.69) is 20.5 Å². The quantitative estimate of drug-likeness (QED) is 0.0674. The van der Waals surface area contributed by atoms with E-state index in [0.717, 1.165) is 30.5 Å². The predicted molar refractivity (Wildman–Crippen MR) is 235 cm³/mol. The Kier molecular flexibility index (Phi) is 14.1. The number of halogens is 11. The molecule has 0 radical (unpaired) electrons. The number of hydrogen-bond donors (Lipinski definition) is 2. The number of nitrogens with one attached hydrogen (secondary N) is 1. The lowest BCUT2D eigenvalue weighted by Crippen LogP contribution is -2.37. The molecule has 1 unspecified atom stereocenters. The molecule has 2 N–H and O–H groups in total. The number of carbonyl (C=O) groups excluding carboxylic acids is 2. The van der Waals surface area contributed by atoms with Crippen molar-refractivity contribution >= 4 is 60.2 Å². The van der Waals surface area contributed by atoms with Crippen LogP contribution in [0.1, 0.15) is 79.0 Å². The number of carbonyl (C=O) groups is 2. The minimum atomic E-state index is -5.21. The van der Waals surface area contributed by atoms with E-state index < -0.39 is 156 Å². The summed E-state index contributed by atoms with van der Waals surface area (Å²) in [4.78, 5) is 32.2. The Morgan fingerprint density at radius 1 is 0.972 bits per heavy atom. The standard InChI is InChI=1S/C43H42ClF10N7O8S2/c1-40(2,70(3,65)66)11-10-24-6-7-25(26-8-9-29(44)33-35(26)60(20-41(47,48)49)58-38(33)61(71(4,67)68)39(64)69-13-5-12-62)34(55-24)30(16-21-14-22(45)17-23(46)15-21)56-31(63)19-59-37-32(36(57-59)43(52,53)54)27-18-28(27)42(37,50)51/h6-9,14-15,17,27-28,30,62H,5,10-13,16,18-20H2,1-4H3,(H,56,63)/t27-,28?,30-/m0/s1. The zero-order chi connectivity index (χ0) is 52.6. The maximum Gasteiger partial charge on any atom is 0.435 e. The van der Waals surface area contributed by atoms with Crippen molar-refractivity contribution in [2.75, 3.05) is 30.0 Å². The average Bonchev–Trinajstić information content (AvgIpc) is 3.74. The third-order valence-electron chi connectivity index (χ3n) is 12.2. The number of aromatic nitrogens is 5. The fourth-order valence-corrected chi connectivity index (χ4v) is 9.96. The summed E-state index contributed by atoms with van der Waals surface area (Å²) in [6.07, 6.45) is -11.9. The van der Waals surface area contributed by atoms with E-state index in [-0.39, 0.29) is 67.4 Å². The molecule has 71 heavy (non-hydrogen) atoms. The number of anilines is 1. The molecule has 2 amide bonds. The van der Waals surface area contributed by atoms with Gasteiger partial charge in [-0.25, -0.2) is 30.4 Å². The van der Waals surface area contributed by atoms with Gasteiger partial charge in [-0.3, -0.25) is 19.1 Å². The second-order valence-corrected chi connectivity index (χ2v) is 22.7. The van der Waals surface area contributed by atoms with Crippen molar-refractivity contribution in [3.8, 4) is 11.1 Å². The molecule has 3 heterocycles. The van der Waals surface area contributed by atoms with Crippen LogP contribution in [0.5, 0.6) is 0 Å². The van der Waals surface area contributed by atoms with E-state index in [9.17, 15) is 66.7 Å². The largest absolute Gasteiger partial charge is 0.448 e. The van der Waals surface area contributed by atoms with E-state index in [0.29, 0.717) is 12.3 Å². The topological polar surface area (TPSA) is 196 Å². The molecule has 2 aliphatic carbocycles. The maximum atomic E-state index is 15.6.